The summed E-state index contributed by atoms with van der Waals surface area (Å²) < 4.78 is 36.4. The molecule has 36 heavy (non-hydrogen) atoms. The van der Waals surface area contributed by atoms with Gasteiger partial charge in [0.05, 0.1) is 10.6 Å². The fourth-order valence-electron chi connectivity index (χ4n) is 3.91. The van der Waals surface area contributed by atoms with Crippen molar-refractivity contribution in [3.8, 4) is 21.9 Å². The summed E-state index contributed by atoms with van der Waals surface area (Å²) in [5, 5.41) is 3.23. The van der Waals surface area contributed by atoms with E-state index >= 15 is 4.39 Å². The normalized spacial score (nSPS) is 11.9. The Labute approximate surface area is 211 Å². The average Bonchev–Trinajstić information content (AvgIpc) is 3.35. The zero-order valence-electron chi connectivity index (χ0n) is 21.1. The summed E-state index contributed by atoms with van der Waals surface area (Å²) in [6, 6.07) is 3.23. The summed E-state index contributed by atoms with van der Waals surface area (Å²) >= 11 is 1.02. The SMILES string of the molecule is Cc1ccnc(C)c1Oc1c(-c2cn(C)c(=O)c3[nH]c(C(=O)NC(C)C)cc23)sc(P(C)(C)=O)c1F. The first-order chi connectivity index (χ1) is 16.8. The quantitative estimate of drug-likeness (QED) is 0.344. The zero-order chi connectivity index (χ0) is 26.5. The molecular weight excluding hydrogens is 502 g/mol. The van der Waals surface area contributed by atoms with Crippen molar-refractivity contribution in [2.75, 3.05) is 13.3 Å². The van der Waals surface area contributed by atoms with Gasteiger partial charge in [0.25, 0.3) is 11.5 Å². The number of nitrogens with one attached hydrogen (secondary N) is 2. The number of amides is 1. The molecule has 0 bridgehead atoms. The number of hydrogen-bond acceptors (Lipinski definition) is 6. The number of halogens is 1. The predicted molar refractivity (Wildman–Crippen MR) is 142 cm³/mol. The number of thiophene rings is 1. The molecule has 0 aliphatic carbocycles. The van der Waals surface area contributed by atoms with Crippen LogP contribution in [-0.4, -0.2) is 39.8 Å². The standard InChI is InChI=1S/C25H28FN4O4PS/c1-12(2)28-23(31)17-10-15-16(11-30(5)24(32)19(15)29-17)22-21(18(26)25(36-22)35(6,7)33)34-20-13(3)8-9-27-14(20)4/h8-12,29H,1-7H3,(H,28,31). The number of fused-ring (bicyclic) bond motifs is 1. The van der Waals surface area contributed by atoms with E-state index in [9.17, 15) is 14.2 Å². The summed E-state index contributed by atoms with van der Waals surface area (Å²) in [6.07, 6.45) is 3.21. The molecule has 4 rings (SSSR count). The molecule has 1 amide bonds. The molecule has 0 atom stereocenters. The van der Waals surface area contributed by atoms with E-state index in [1.807, 2.05) is 20.8 Å². The number of aromatic amines is 1. The third kappa shape index (κ3) is 4.63. The molecular formula is C25H28FN4O4PS. The molecule has 0 saturated heterocycles. The van der Waals surface area contributed by atoms with Gasteiger partial charge in [0, 0.05) is 36.4 Å². The van der Waals surface area contributed by atoms with E-state index in [0.29, 0.717) is 27.3 Å². The highest BCUT2D eigenvalue weighted by atomic mass is 32.1. The molecule has 0 aliphatic heterocycles. The number of ether oxygens (including phenoxy) is 1. The summed E-state index contributed by atoms with van der Waals surface area (Å²) in [5.41, 5.74) is 1.88. The van der Waals surface area contributed by atoms with Crippen LogP contribution in [0, 0.1) is 19.7 Å². The number of carbonyl (C=O) groups is 1. The van der Waals surface area contributed by atoms with E-state index in [0.717, 1.165) is 16.9 Å². The Hall–Kier alpha value is -3.23. The van der Waals surface area contributed by atoms with E-state index in [2.05, 4.69) is 15.3 Å². The fourth-order valence-corrected chi connectivity index (χ4v) is 6.51. The molecule has 4 heterocycles. The number of nitrogens with zero attached hydrogens (tertiary/aromatic N) is 2. The van der Waals surface area contributed by atoms with Crippen LogP contribution in [0.3, 0.4) is 0 Å². The molecule has 11 heteroatoms. The van der Waals surface area contributed by atoms with Gasteiger partial charge < -0.3 is 24.2 Å². The van der Waals surface area contributed by atoms with Gasteiger partial charge in [-0.05, 0) is 58.7 Å². The van der Waals surface area contributed by atoms with Crippen LogP contribution >= 0.6 is 18.5 Å². The number of carbonyl (C=O) groups excluding carboxylic acids is 1. The summed E-state index contributed by atoms with van der Waals surface area (Å²) in [5.74, 6) is -0.762. The van der Waals surface area contributed by atoms with Crippen LogP contribution in [0.5, 0.6) is 11.5 Å². The molecule has 4 aromatic rings. The maximum Gasteiger partial charge on any atom is 0.274 e. The first-order valence-electron chi connectivity index (χ1n) is 11.3. The van der Waals surface area contributed by atoms with E-state index in [1.165, 1.54) is 17.9 Å². The molecule has 2 N–H and O–H groups in total. The van der Waals surface area contributed by atoms with Crippen LogP contribution in [-0.2, 0) is 11.6 Å². The Morgan fingerprint density at radius 1 is 1.28 bits per heavy atom. The van der Waals surface area contributed by atoms with Gasteiger partial charge in [0.2, 0.25) is 0 Å². The average molecular weight is 531 g/mol. The highest BCUT2D eigenvalue weighted by molar-refractivity contribution is 7.75. The van der Waals surface area contributed by atoms with Crippen molar-refractivity contribution in [3.05, 3.63) is 57.6 Å². The summed E-state index contributed by atoms with van der Waals surface area (Å²) in [4.78, 5) is 33.1. The molecule has 0 unspecified atom stereocenters. The van der Waals surface area contributed by atoms with Gasteiger partial charge in [-0.2, -0.15) is 0 Å². The van der Waals surface area contributed by atoms with Crippen LogP contribution in [0.4, 0.5) is 4.39 Å². The second kappa shape index (κ2) is 9.33. The molecule has 8 nitrogen and oxygen atoms in total. The van der Waals surface area contributed by atoms with Gasteiger partial charge in [-0.25, -0.2) is 4.39 Å². The van der Waals surface area contributed by atoms with Crippen LogP contribution in [0.25, 0.3) is 21.3 Å². The fraction of sp³-hybridized carbons (Fsp3) is 0.320. The monoisotopic (exact) mass is 530 g/mol. The highest BCUT2D eigenvalue weighted by Gasteiger charge is 2.31. The largest absolute Gasteiger partial charge is 0.451 e. The molecule has 0 aromatic carbocycles. The minimum atomic E-state index is -3.01. The number of H-pyrrole nitrogens is 1. The summed E-state index contributed by atoms with van der Waals surface area (Å²) in [7, 11) is -1.44. The van der Waals surface area contributed by atoms with Gasteiger partial charge in [0.1, 0.15) is 23.0 Å². The van der Waals surface area contributed by atoms with Gasteiger partial charge in [-0.15, -0.1) is 11.3 Å². The van der Waals surface area contributed by atoms with E-state index in [1.54, 1.807) is 38.5 Å². The number of aromatic nitrogens is 3. The Balaban J connectivity index is 2.02. The minimum absolute atomic E-state index is 0.0852. The topological polar surface area (TPSA) is 106 Å². The second-order valence-electron chi connectivity index (χ2n) is 9.43. The predicted octanol–water partition coefficient (Wildman–Crippen LogP) is 4.92. The van der Waals surface area contributed by atoms with Crippen LogP contribution in [0.15, 0.2) is 29.3 Å². The highest BCUT2D eigenvalue weighted by Crippen LogP contribution is 2.49. The molecule has 190 valence electrons. The van der Waals surface area contributed by atoms with Crippen LogP contribution in [0.2, 0.25) is 0 Å². The zero-order valence-corrected chi connectivity index (χ0v) is 22.9. The van der Waals surface area contributed by atoms with Crippen molar-refractivity contribution in [2.24, 2.45) is 7.05 Å². The lowest BCUT2D eigenvalue weighted by Crippen LogP contribution is -2.30. The third-order valence-electron chi connectivity index (χ3n) is 5.64. The van der Waals surface area contributed by atoms with Crippen molar-refractivity contribution >= 4 is 39.9 Å². The second-order valence-corrected chi connectivity index (χ2v) is 13.9. The Morgan fingerprint density at radius 2 is 1.97 bits per heavy atom. The van der Waals surface area contributed by atoms with Gasteiger partial charge in [0.15, 0.2) is 17.3 Å². The lowest BCUT2D eigenvalue weighted by molar-refractivity contribution is 0.0939. The summed E-state index contributed by atoms with van der Waals surface area (Å²) in [6.45, 7) is 10.2. The van der Waals surface area contributed by atoms with Gasteiger partial charge >= 0.3 is 0 Å². The lowest BCUT2D eigenvalue weighted by atomic mass is 10.1. The van der Waals surface area contributed by atoms with E-state index in [-0.39, 0.29) is 39.1 Å². The van der Waals surface area contributed by atoms with Crippen LogP contribution < -0.4 is 20.2 Å². The number of aryl methyl sites for hydroxylation is 3. The minimum Gasteiger partial charge on any atom is -0.451 e. The van der Waals surface area contributed by atoms with Crippen molar-refractivity contribution in [2.45, 2.75) is 33.7 Å². The molecule has 0 saturated carbocycles. The third-order valence-corrected chi connectivity index (χ3v) is 9.39. The molecule has 0 spiro atoms. The maximum absolute atomic E-state index is 15.8. The molecule has 0 radical (unpaired) electrons. The Morgan fingerprint density at radius 3 is 2.58 bits per heavy atom. The first kappa shape index (κ1) is 25.9. The number of rotatable bonds is 6. The van der Waals surface area contributed by atoms with Crippen LogP contribution in [0.1, 0.15) is 35.6 Å². The maximum atomic E-state index is 15.8. The van der Waals surface area contributed by atoms with Crippen molar-refractivity contribution in [3.63, 3.8) is 0 Å². The van der Waals surface area contributed by atoms with E-state index < -0.39 is 13.0 Å². The van der Waals surface area contributed by atoms with E-state index in [4.69, 9.17) is 4.74 Å². The number of hydrogen-bond donors (Lipinski definition) is 2. The van der Waals surface area contributed by atoms with Crippen molar-refractivity contribution < 1.29 is 18.5 Å². The number of pyridine rings is 2. The molecule has 4 aromatic heterocycles. The first-order valence-corrected chi connectivity index (χ1v) is 14.7. The Bertz CT molecular complexity index is 1590. The lowest BCUT2D eigenvalue weighted by Gasteiger charge is -2.12. The molecule has 0 aliphatic rings. The Kier molecular flexibility index (Phi) is 6.70. The smallest absolute Gasteiger partial charge is 0.274 e. The van der Waals surface area contributed by atoms with Crippen molar-refractivity contribution in [1.82, 2.24) is 19.9 Å². The van der Waals surface area contributed by atoms with Gasteiger partial charge in [-0.3, -0.25) is 14.6 Å². The van der Waals surface area contributed by atoms with Crippen molar-refractivity contribution in [1.29, 1.82) is 0 Å². The molecule has 0 fully saturated rings. The van der Waals surface area contributed by atoms with Gasteiger partial charge in [-0.1, -0.05) is 0 Å².